The molecule has 0 atom stereocenters. The Morgan fingerprint density at radius 2 is 1.95 bits per heavy atom. The van der Waals surface area contributed by atoms with Crippen LogP contribution in [0.25, 0.3) is 5.57 Å². The molecule has 4 nitrogen and oxygen atoms in total. The van der Waals surface area contributed by atoms with Gasteiger partial charge in [0.15, 0.2) is 0 Å². The molecule has 0 N–H and O–H groups in total. The van der Waals surface area contributed by atoms with Crippen molar-refractivity contribution in [1.82, 2.24) is 4.90 Å². The summed E-state index contributed by atoms with van der Waals surface area (Å²) in [6, 6.07) is 11.5. The molecule has 0 saturated carbocycles. The van der Waals surface area contributed by atoms with Gasteiger partial charge >= 0.3 is 6.09 Å². The molecule has 106 valence electrons. The van der Waals surface area contributed by atoms with Gasteiger partial charge in [-0.15, -0.1) is 0 Å². The van der Waals surface area contributed by atoms with Crippen LogP contribution in [-0.4, -0.2) is 30.2 Å². The van der Waals surface area contributed by atoms with Gasteiger partial charge < -0.3 is 9.64 Å². The van der Waals surface area contributed by atoms with Crippen molar-refractivity contribution in [3.05, 3.63) is 42.0 Å². The first kappa shape index (κ1) is 15.8. The molecule has 0 aliphatic rings. The number of carbonyl (C=O) groups excluding carboxylic acids is 1. The number of amides is 1. The number of benzene rings is 1. The zero-order valence-electron chi connectivity index (χ0n) is 12.4. The van der Waals surface area contributed by atoms with E-state index in [0.717, 1.165) is 11.1 Å². The molecule has 1 amide bonds. The van der Waals surface area contributed by atoms with Crippen LogP contribution < -0.4 is 0 Å². The van der Waals surface area contributed by atoms with Crippen molar-refractivity contribution in [3.63, 3.8) is 0 Å². The summed E-state index contributed by atoms with van der Waals surface area (Å²) in [7, 11) is 1.65. The van der Waals surface area contributed by atoms with Gasteiger partial charge in [-0.3, -0.25) is 0 Å². The second kappa shape index (κ2) is 6.76. The molecule has 20 heavy (non-hydrogen) atoms. The highest BCUT2D eigenvalue weighted by molar-refractivity contribution is 5.74. The van der Waals surface area contributed by atoms with Crippen LogP contribution in [0.4, 0.5) is 4.79 Å². The van der Waals surface area contributed by atoms with E-state index in [9.17, 15) is 4.79 Å². The van der Waals surface area contributed by atoms with Gasteiger partial charge in [0, 0.05) is 19.7 Å². The molecular weight excluding hydrogens is 252 g/mol. The van der Waals surface area contributed by atoms with Crippen LogP contribution in [0.5, 0.6) is 0 Å². The zero-order chi connectivity index (χ0) is 15.2. The number of ether oxygens (including phenoxy) is 1. The number of carbonyl (C=O) groups is 1. The average molecular weight is 272 g/mol. The maximum atomic E-state index is 11.9. The van der Waals surface area contributed by atoms with Gasteiger partial charge in [0.05, 0.1) is 6.07 Å². The van der Waals surface area contributed by atoms with Crippen LogP contribution in [0.3, 0.4) is 0 Å². The van der Waals surface area contributed by atoms with E-state index in [-0.39, 0.29) is 0 Å². The lowest BCUT2D eigenvalue weighted by Gasteiger charge is -2.25. The maximum Gasteiger partial charge on any atom is 0.410 e. The number of hydrogen-bond donors (Lipinski definition) is 0. The molecule has 1 rings (SSSR count). The van der Waals surface area contributed by atoms with Crippen molar-refractivity contribution < 1.29 is 9.53 Å². The largest absolute Gasteiger partial charge is 0.444 e. The Hall–Kier alpha value is -2.28. The first-order valence-electron chi connectivity index (χ1n) is 6.41. The average Bonchev–Trinajstić information content (AvgIpc) is 2.37. The fourth-order valence-electron chi connectivity index (χ4n) is 1.61. The number of allylic oxidation sites excluding steroid dienone is 1. The van der Waals surface area contributed by atoms with E-state index in [1.165, 1.54) is 11.0 Å². The molecule has 4 heteroatoms. The molecular formula is C16H20N2O2. The first-order valence-corrected chi connectivity index (χ1v) is 6.41. The molecule has 0 bridgehead atoms. The third-order valence-corrected chi connectivity index (χ3v) is 2.50. The fourth-order valence-corrected chi connectivity index (χ4v) is 1.61. The van der Waals surface area contributed by atoms with Crippen molar-refractivity contribution in [2.75, 3.05) is 13.6 Å². The lowest BCUT2D eigenvalue weighted by Crippen LogP contribution is -2.35. The van der Waals surface area contributed by atoms with E-state index in [1.807, 2.05) is 57.2 Å². The van der Waals surface area contributed by atoms with Crippen LogP contribution in [0, 0.1) is 11.3 Å². The van der Waals surface area contributed by atoms with E-state index in [4.69, 9.17) is 10.00 Å². The van der Waals surface area contributed by atoms with Crippen molar-refractivity contribution in [2.24, 2.45) is 0 Å². The second-order valence-electron chi connectivity index (χ2n) is 5.50. The van der Waals surface area contributed by atoms with Gasteiger partial charge in [-0.05, 0) is 31.9 Å². The SMILES string of the molecule is CN(C/C(=C/C#N)c1ccccc1)C(=O)OC(C)(C)C. The summed E-state index contributed by atoms with van der Waals surface area (Å²) in [6.07, 6.45) is 1.05. The van der Waals surface area contributed by atoms with Crippen LogP contribution in [-0.2, 0) is 4.74 Å². The van der Waals surface area contributed by atoms with Crippen molar-refractivity contribution in [2.45, 2.75) is 26.4 Å². The Bertz CT molecular complexity index is 522. The third kappa shape index (κ3) is 5.15. The minimum atomic E-state index is -0.531. The highest BCUT2D eigenvalue weighted by Gasteiger charge is 2.20. The molecule has 0 unspecified atom stereocenters. The van der Waals surface area contributed by atoms with Crippen LogP contribution >= 0.6 is 0 Å². The van der Waals surface area contributed by atoms with Crippen LogP contribution in [0.15, 0.2) is 36.4 Å². The topological polar surface area (TPSA) is 53.3 Å². The Kier molecular flexibility index (Phi) is 5.33. The summed E-state index contributed by atoms with van der Waals surface area (Å²) in [4.78, 5) is 13.4. The van der Waals surface area contributed by atoms with Crippen molar-refractivity contribution in [1.29, 1.82) is 5.26 Å². The van der Waals surface area contributed by atoms with Gasteiger partial charge in [-0.1, -0.05) is 30.3 Å². The highest BCUT2D eigenvalue weighted by Crippen LogP contribution is 2.16. The summed E-state index contributed by atoms with van der Waals surface area (Å²) in [6.45, 7) is 5.79. The minimum Gasteiger partial charge on any atom is -0.444 e. The molecule has 1 aromatic carbocycles. The lowest BCUT2D eigenvalue weighted by molar-refractivity contribution is 0.0321. The minimum absolute atomic E-state index is 0.326. The van der Waals surface area contributed by atoms with E-state index in [0.29, 0.717) is 6.54 Å². The van der Waals surface area contributed by atoms with Crippen molar-refractivity contribution >= 4 is 11.7 Å². The van der Waals surface area contributed by atoms with E-state index >= 15 is 0 Å². The molecule has 0 spiro atoms. The first-order chi connectivity index (χ1) is 9.33. The van der Waals surface area contributed by atoms with Gasteiger partial charge in [-0.25, -0.2) is 4.79 Å². The highest BCUT2D eigenvalue weighted by atomic mass is 16.6. The Morgan fingerprint density at radius 3 is 2.45 bits per heavy atom. The number of nitrogens with zero attached hydrogens (tertiary/aromatic N) is 2. The van der Waals surface area contributed by atoms with Gasteiger partial charge in [0.25, 0.3) is 0 Å². The standard InChI is InChI=1S/C16H20N2O2/c1-16(2,3)20-15(19)18(4)12-14(10-11-17)13-8-6-5-7-9-13/h5-10H,12H2,1-4H3/b14-10-. The Balaban J connectivity index is 2.81. The fraction of sp³-hybridized carbons (Fsp3) is 0.375. The molecule has 0 aliphatic carbocycles. The van der Waals surface area contributed by atoms with E-state index in [1.54, 1.807) is 7.05 Å². The zero-order valence-corrected chi connectivity index (χ0v) is 12.4. The van der Waals surface area contributed by atoms with Gasteiger partial charge in [-0.2, -0.15) is 5.26 Å². The molecule has 0 radical (unpaired) electrons. The van der Waals surface area contributed by atoms with Crippen LogP contribution in [0.1, 0.15) is 26.3 Å². The predicted molar refractivity (Wildman–Crippen MR) is 78.9 cm³/mol. The monoisotopic (exact) mass is 272 g/mol. The molecule has 0 aromatic heterocycles. The number of nitriles is 1. The van der Waals surface area contributed by atoms with Crippen LogP contribution in [0.2, 0.25) is 0 Å². The van der Waals surface area contributed by atoms with E-state index in [2.05, 4.69) is 0 Å². The van der Waals surface area contributed by atoms with E-state index < -0.39 is 11.7 Å². The molecule has 1 aromatic rings. The summed E-state index contributed by atoms with van der Waals surface area (Å²) in [5, 5.41) is 8.87. The normalized spacial score (nSPS) is 11.7. The Labute approximate surface area is 120 Å². The predicted octanol–water partition coefficient (Wildman–Crippen LogP) is 3.46. The Morgan fingerprint density at radius 1 is 1.35 bits per heavy atom. The lowest BCUT2D eigenvalue weighted by atomic mass is 10.1. The smallest absolute Gasteiger partial charge is 0.410 e. The molecule has 0 saturated heterocycles. The molecule has 0 aliphatic heterocycles. The third-order valence-electron chi connectivity index (χ3n) is 2.50. The van der Waals surface area contributed by atoms with Gasteiger partial charge in [0.1, 0.15) is 5.60 Å². The van der Waals surface area contributed by atoms with Crippen molar-refractivity contribution in [3.8, 4) is 6.07 Å². The number of likely N-dealkylation sites (N-methyl/N-ethyl adjacent to an activating group) is 1. The summed E-state index contributed by atoms with van der Waals surface area (Å²) in [5.74, 6) is 0. The quantitative estimate of drug-likeness (QED) is 0.792. The second-order valence-corrected chi connectivity index (χ2v) is 5.50. The number of rotatable bonds is 3. The summed E-state index contributed by atoms with van der Waals surface area (Å²) < 4.78 is 5.29. The van der Waals surface area contributed by atoms with Gasteiger partial charge in [0.2, 0.25) is 0 Å². The summed E-state index contributed by atoms with van der Waals surface area (Å²) >= 11 is 0. The molecule has 0 heterocycles. The maximum absolute atomic E-state index is 11.9. The molecule has 0 fully saturated rings. The summed E-state index contributed by atoms with van der Waals surface area (Å²) in [5.41, 5.74) is 1.17. The number of hydrogen-bond acceptors (Lipinski definition) is 3.